The van der Waals surface area contributed by atoms with Crippen molar-refractivity contribution < 1.29 is 9.53 Å². The first kappa shape index (κ1) is 15.2. The number of hydrogen-bond donors (Lipinski definition) is 0. The van der Waals surface area contributed by atoms with Crippen LogP contribution in [0.25, 0.3) is 0 Å². The number of unbranched alkanes of at least 4 members (excludes halogenated alkanes) is 2. The lowest BCUT2D eigenvalue weighted by Crippen LogP contribution is -2.27. The van der Waals surface area contributed by atoms with Gasteiger partial charge in [0.05, 0.1) is 0 Å². The Balaban J connectivity index is 3.65. The fraction of sp³-hybridized carbons (Fsp3) is 0.786. The van der Waals surface area contributed by atoms with E-state index in [0.717, 1.165) is 18.8 Å². The Morgan fingerprint density at radius 3 is 2.44 bits per heavy atom. The van der Waals surface area contributed by atoms with Gasteiger partial charge in [0.2, 0.25) is 0 Å². The van der Waals surface area contributed by atoms with Crippen LogP contribution in [0.15, 0.2) is 12.7 Å². The first-order valence-electron chi connectivity index (χ1n) is 6.23. The van der Waals surface area contributed by atoms with Gasteiger partial charge in [0.1, 0.15) is 5.60 Å². The topological polar surface area (TPSA) is 26.3 Å². The molecule has 0 saturated heterocycles. The molecule has 0 aliphatic heterocycles. The van der Waals surface area contributed by atoms with E-state index >= 15 is 0 Å². The Kier molecular flexibility index (Phi) is 7.11. The van der Waals surface area contributed by atoms with Crippen molar-refractivity contribution in [1.29, 1.82) is 0 Å². The summed E-state index contributed by atoms with van der Waals surface area (Å²) in [5.74, 6) is 0.457. The molecule has 0 bridgehead atoms. The number of carbonyl (C=O) groups excluding carboxylic acids is 1. The molecule has 2 nitrogen and oxygen atoms in total. The van der Waals surface area contributed by atoms with Crippen molar-refractivity contribution >= 4 is 5.97 Å². The van der Waals surface area contributed by atoms with Gasteiger partial charge in [-0.3, -0.25) is 0 Å². The molecule has 16 heavy (non-hydrogen) atoms. The van der Waals surface area contributed by atoms with Crippen molar-refractivity contribution in [1.82, 2.24) is 0 Å². The van der Waals surface area contributed by atoms with Crippen LogP contribution in [0.2, 0.25) is 0 Å². The monoisotopic (exact) mass is 226 g/mol. The minimum Gasteiger partial charge on any atom is -0.457 e. The van der Waals surface area contributed by atoms with Crippen molar-refractivity contribution in [2.45, 2.75) is 65.4 Å². The third-order valence-electron chi connectivity index (χ3n) is 2.60. The first-order chi connectivity index (χ1) is 7.37. The maximum atomic E-state index is 11.1. The molecule has 0 spiro atoms. The highest BCUT2D eigenvalue weighted by Crippen LogP contribution is 2.20. The van der Waals surface area contributed by atoms with Gasteiger partial charge in [-0.25, -0.2) is 4.79 Å². The maximum absolute atomic E-state index is 11.1. The summed E-state index contributed by atoms with van der Waals surface area (Å²) >= 11 is 0. The van der Waals surface area contributed by atoms with E-state index in [0.29, 0.717) is 0 Å². The summed E-state index contributed by atoms with van der Waals surface area (Å²) in [5.41, 5.74) is -0.358. The van der Waals surface area contributed by atoms with Crippen LogP contribution in [-0.2, 0) is 9.53 Å². The van der Waals surface area contributed by atoms with Gasteiger partial charge in [-0.15, -0.1) is 0 Å². The van der Waals surface area contributed by atoms with E-state index in [1.807, 2.05) is 13.8 Å². The molecular weight excluding hydrogens is 200 g/mol. The van der Waals surface area contributed by atoms with Crippen molar-refractivity contribution in [2.75, 3.05) is 0 Å². The summed E-state index contributed by atoms with van der Waals surface area (Å²) in [5, 5.41) is 0. The smallest absolute Gasteiger partial charge is 0.330 e. The molecule has 0 radical (unpaired) electrons. The molecule has 0 atom stereocenters. The molecule has 0 aliphatic carbocycles. The highest BCUT2D eigenvalue weighted by atomic mass is 16.6. The van der Waals surface area contributed by atoms with E-state index in [2.05, 4.69) is 20.4 Å². The average molecular weight is 226 g/mol. The fourth-order valence-electron chi connectivity index (χ4n) is 1.65. The zero-order valence-corrected chi connectivity index (χ0v) is 11.2. The standard InChI is InChI=1S/C14H26O2/c1-6-13(15)16-14(4,5)11-9-7-8-10-12(2)3/h6,12H,1,7-11H2,2-5H3. The Labute approximate surface area is 100 Å². The molecule has 0 aromatic carbocycles. The van der Waals surface area contributed by atoms with E-state index in [4.69, 9.17) is 4.74 Å². The summed E-state index contributed by atoms with van der Waals surface area (Å²) in [6, 6.07) is 0. The van der Waals surface area contributed by atoms with Crippen LogP contribution < -0.4 is 0 Å². The third kappa shape index (κ3) is 8.51. The predicted molar refractivity (Wildman–Crippen MR) is 68.3 cm³/mol. The molecule has 0 amide bonds. The number of hydrogen-bond acceptors (Lipinski definition) is 2. The van der Waals surface area contributed by atoms with E-state index in [-0.39, 0.29) is 11.6 Å². The molecule has 0 aliphatic rings. The van der Waals surface area contributed by atoms with Crippen molar-refractivity contribution in [2.24, 2.45) is 5.92 Å². The highest BCUT2D eigenvalue weighted by molar-refractivity contribution is 5.81. The largest absolute Gasteiger partial charge is 0.457 e. The van der Waals surface area contributed by atoms with Gasteiger partial charge < -0.3 is 4.74 Å². The molecule has 0 heterocycles. The summed E-state index contributed by atoms with van der Waals surface area (Å²) in [4.78, 5) is 11.1. The Bertz CT molecular complexity index is 217. The van der Waals surface area contributed by atoms with Crippen molar-refractivity contribution in [3.05, 3.63) is 12.7 Å². The van der Waals surface area contributed by atoms with Crippen LogP contribution >= 0.6 is 0 Å². The van der Waals surface area contributed by atoms with Gasteiger partial charge in [0.15, 0.2) is 0 Å². The number of carbonyl (C=O) groups is 1. The molecule has 0 aromatic heterocycles. The lowest BCUT2D eigenvalue weighted by molar-refractivity contribution is -0.150. The van der Waals surface area contributed by atoms with E-state index < -0.39 is 0 Å². The molecule has 2 heteroatoms. The SMILES string of the molecule is C=CC(=O)OC(C)(C)CCCCCC(C)C. The molecule has 0 N–H and O–H groups in total. The van der Waals surface area contributed by atoms with Gasteiger partial charge in [-0.2, -0.15) is 0 Å². The van der Waals surface area contributed by atoms with Gasteiger partial charge in [-0.05, 0) is 32.6 Å². The Hall–Kier alpha value is -0.790. The molecule has 0 aromatic rings. The summed E-state index contributed by atoms with van der Waals surface area (Å²) in [6.07, 6.45) is 7.03. The van der Waals surface area contributed by atoms with Gasteiger partial charge in [0.25, 0.3) is 0 Å². The average Bonchev–Trinajstić information content (AvgIpc) is 2.15. The normalized spacial score (nSPS) is 11.6. The predicted octanol–water partition coefficient (Wildman–Crippen LogP) is 4.10. The molecule has 0 fully saturated rings. The van der Waals surface area contributed by atoms with Crippen LogP contribution in [0.3, 0.4) is 0 Å². The van der Waals surface area contributed by atoms with Crippen molar-refractivity contribution in [3.63, 3.8) is 0 Å². The van der Waals surface area contributed by atoms with Crippen LogP contribution in [0, 0.1) is 5.92 Å². The molecule has 94 valence electrons. The van der Waals surface area contributed by atoms with Gasteiger partial charge >= 0.3 is 5.97 Å². The van der Waals surface area contributed by atoms with E-state index in [1.165, 1.54) is 25.3 Å². The summed E-state index contributed by atoms with van der Waals surface area (Å²) in [6.45, 7) is 11.8. The van der Waals surface area contributed by atoms with E-state index in [1.54, 1.807) is 0 Å². The van der Waals surface area contributed by atoms with Crippen LogP contribution in [0.1, 0.15) is 59.8 Å². The molecule has 0 saturated carbocycles. The van der Waals surface area contributed by atoms with Gasteiger partial charge in [0, 0.05) is 6.08 Å². The number of ether oxygens (including phenoxy) is 1. The Morgan fingerprint density at radius 2 is 1.94 bits per heavy atom. The zero-order valence-electron chi connectivity index (χ0n) is 11.2. The van der Waals surface area contributed by atoms with Crippen LogP contribution in [0.5, 0.6) is 0 Å². The maximum Gasteiger partial charge on any atom is 0.330 e. The van der Waals surface area contributed by atoms with E-state index in [9.17, 15) is 4.79 Å². The second-order valence-electron chi connectivity index (χ2n) is 5.38. The van der Waals surface area contributed by atoms with Gasteiger partial charge in [-0.1, -0.05) is 39.7 Å². The fourth-order valence-corrected chi connectivity index (χ4v) is 1.65. The second kappa shape index (κ2) is 7.48. The molecular formula is C14H26O2. The molecule has 0 rings (SSSR count). The number of rotatable bonds is 8. The van der Waals surface area contributed by atoms with Crippen LogP contribution in [0.4, 0.5) is 0 Å². The summed E-state index contributed by atoms with van der Waals surface area (Å²) < 4.78 is 5.26. The first-order valence-corrected chi connectivity index (χ1v) is 6.23. The Morgan fingerprint density at radius 1 is 1.31 bits per heavy atom. The summed E-state index contributed by atoms with van der Waals surface area (Å²) in [7, 11) is 0. The highest BCUT2D eigenvalue weighted by Gasteiger charge is 2.20. The second-order valence-corrected chi connectivity index (χ2v) is 5.38. The zero-order chi connectivity index (χ0) is 12.6. The lowest BCUT2D eigenvalue weighted by Gasteiger charge is -2.24. The third-order valence-corrected chi connectivity index (χ3v) is 2.60. The van der Waals surface area contributed by atoms with Crippen LogP contribution in [-0.4, -0.2) is 11.6 Å². The van der Waals surface area contributed by atoms with Crippen molar-refractivity contribution in [3.8, 4) is 0 Å². The minimum absolute atomic E-state index is 0.327. The molecule has 0 unspecified atom stereocenters. The quantitative estimate of drug-likeness (QED) is 0.354. The number of esters is 1. The lowest BCUT2D eigenvalue weighted by atomic mass is 9.98. The minimum atomic E-state index is -0.358.